The molecule has 24 heavy (non-hydrogen) atoms. The number of nitrogens with zero attached hydrogens (tertiary/aromatic N) is 3. The first-order valence-corrected chi connectivity index (χ1v) is 7.22. The molecular weight excluding hydrogens is 309 g/mol. The molecule has 1 amide bonds. The summed E-state index contributed by atoms with van der Waals surface area (Å²) in [5.41, 5.74) is 1.72. The Morgan fingerprint density at radius 2 is 1.75 bits per heavy atom. The Bertz CT molecular complexity index is 807. The number of nitrogens with one attached hydrogen (secondary N) is 2. The molecule has 0 bridgehead atoms. The first-order chi connectivity index (χ1) is 11.7. The molecule has 0 radical (unpaired) electrons. The minimum atomic E-state index is -0.408. The Kier molecular flexibility index (Phi) is 4.71. The van der Waals surface area contributed by atoms with E-state index in [-0.39, 0.29) is 11.5 Å². The molecule has 0 fully saturated rings. The molecule has 3 aromatic rings. The SMILES string of the molecule is O=C(Nc1ccc(F)cc1)c1cnc(NCc2ccncc2)cn1. The highest BCUT2D eigenvalue weighted by atomic mass is 19.1. The predicted molar refractivity (Wildman–Crippen MR) is 87.9 cm³/mol. The highest BCUT2D eigenvalue weighted by molar-refractivity contribution is 6.02. The third kappa shape index (κ3) is 4.10. The number of carbonyl (C=O) groups excluding carboxylic acids is 1. The van der Waals surface area contributed by atoms with Gasteiger partial charge in [-0.2, -0.15) is 0 Å². The number of carbonyl (C=O) groups is 1. The maximum Gasteiger partial charge on any atom is 0.275 e. The molecule has 0 unspecified atom stereocenters. The van der Waals surface area contributed by atoms with Crippen molar-refractivity contribution in [2.45, 2.75) is 6.54 Å². The van der Waals surface area contributed by atoms with Crippen molar-refractivity contribution in [3.63, 3.8) is 0 Å². The molecule has 0 aliphatic rings. The van der Waals surface area contributed by atoms with Crippen molar-refractivity contribution >= 4 is 17.4 Å². The molecular formula is C17H14FN5O. The van der Waals surface area contributed by atoms with Crippen molar-refractivity contribution < 1.29 is 9.18 Å². The number of anilines is 2. The van der Waals surface area contributed by atoms with E-state index in [4.69, 9.17) is 0 Å². The Hall–Kier alpha value is -3.35. The molecule has 2 aromatic heterocycles. The molecule has 120 valence electrons. The Morgan fingerprint density at radius 3 is 2.42 bits per heavy atom. The summed E-state index contributed by atoms with van der Waals surface area (Å²) in [7, 11) is 0. The van der Waals surface area contributed by atoms with Crippen molar-refractivity contribution in [2.24, 2.45) is 0 Å². The van der Waals surface area contributed by atoms with Crippen LogP contribution in [-0.2, 0) is 6.54 Å². The zero-order valence-corrected chi connectivity index (χ0v) is 12.6. The van der Waals surface area contributed by atoms with Gasteiger partial charge in [0.05, 0.1) is 12.4 Å². The summed E-state index contributed by atoms with van der Waals surface area (Å²) >= 11 is 0. The maximum absolute atomic E-state index is 12.8. The summed E-state index contributed by atoms with van der Waals surface area (Å²) in [6.07, 6.45) is 6.30. The molecule has 2 N–H and O–H groups in total. The van der Waals surface area contributed by atoms with Crippen LogP contribution in [0.3, 0.4) is 0 Å². The minimum Gasteiger partial charge on any atom is -0.365 e. The molecule has 2 heterocycles. The molecule has 0 atom stereocenters. The number of benzene rings is 1. The van der Waals surface area contributed by atoms with Crippen molar-refractivity contribution in [3.8, 4) is 0 Å². The van der Waals surface area contributed by atoms with Crippen LogP contribution in [0.1, 0.15) is 16.1 Å². The second kappa shape index (κ2) is 7.28. The van der Waals surface area contributed by atoms with Crippen LogP contribution in [-0.4, -0.2) is 20.9 Å². The normalized spacial score (nSPS) is 10.2. The molecule has 0 aliphatic heterocycles. The third-order valence-electron chi connectivity index (χ3n) is 3.21. The van der Waals surface area contributed by atoms with Gasteiger partial charge < -0.3 is 10.6 Å². The molecule has 0 saturated heterocycles. The lowest BCUT2D eigenvalue weighted by molar-refractivity contribution is 0.102. The van der Waals surface area contributed by atoms with E-state index in [1.807, 2.05) is 12.1 Å². The van der Waals surface area contributed by atoms with Crippen LogP contribution < -0.4 is 10.6 Å². The number of halogens is 1. The lowest BCUT2D eigenvalue weighted by atomic mass is 10.3. The van der Waals surface area contributed by atoms with Gasteiger partial charge in [0.2, 0.25) is 0 Å². The Balaban J connectivity index is 1.59. The van der Waals surface area contributed by atoms with Gasteiger partial charge in [0.25, 0.3) is 5.91 Å². The van der Waals surface area contributed by atoms with E-state index in [9.17, 15) is 9.18 Å². The van der Waals surface area contributed by atoms with Gasteiger partial charge in [0.15, 0.2) is 0 Å². The van der Waals surface area contributed by atoms with Crippen molar-refractivity contribution in [2.75, 3.05) is 10.6 Å². The average molecular weight is 323 g/mol. The number of rotatable bonds is 5. The fraction of sp³-hybridized carbons (Fsp3) is 0.0588. The summed E-state index contributed by atoms with van der Waals surface area (Å²) in [5.74, 6) is -0.211. The van der Waals surface area contributed by atoms with E-state index >= 15 is 0 Å². The predicted octanol–water partition coefficient (Wildman–Crippen LogP) is 2.88. The van der Waals surface area contributed by atoms with Gasteiger partial charge in [-0.05, 0) is 42.0 Å². The van der Waals surface area contributed by atoms with E-state index in [1.165, 1.54) is 36.7 Å². The molecule has 1 aromatic carbocycles. The Morgan fingerprint density at radius 1 is 1.00 bits per heavy atom. The van der Waals surface area contributed by atoms with Gasteiger partial charge >= 0.3 is 0 Å². The van der Waals surface area contributed by atoms with Crippen LogP contribution in [0.15, 0.2) is 61.2 Å². The minimum absolute atomic E-state index is 0.175. The smallest absolute Gasteiger partial charge is 0.275 e. The van der Waals surface area contributed by atoms with Gasteiger partial charge in [0.1, 0.15) is 17.3 Å². The maximum atomic E-state index is 12.8. The lowest BCUT2D eigenvalue weighted by Gasteiger charge is -2.07. The summed E-state index contributed by atoms with van der Waals surface area (Å²) in [6.45, 7) is 0.582. The van der Waals surface area contributed by atoms with E-state index in [0.29, 0.717) is 18.1 Å². The molecule has 6 nitrogen and oxygen atoms in total. The van der Waals surface area contributed by atoms with Gasteiger partial charge in [0, 0.05) is 24.6 Å². The van der Waals surface area contributed by atoms with Crippen LogP contribution in [0.25, 0.3) is 0 Å². The van der Waals surface area contributed by atoms with Crippen LogP contribution in [0.4, 0.5) is 15.9 Å². The molecule has 3 rings (SSSR count). The van der Waals surface area contributed by atoms with Gasteiger partial charge in [-0.3, -0.25) is 9.78 Å². The Labute approximate surface area is 137 Å². The summed E-state index contributed by atoms with van der Waals surface area (Å²) in [4.78, 5) is 24.2. The quantitative estimate of drug-likeness (QED) is 0.755. The van der Waals surface area contributed by atoms with Crippen LogP contribution in [0.5, 0.6) is 0 Å². The molecule has 7 heteroatoms. The third-order valence-corrected chi connectivity index (χ3v) is 3.21. The standard InChI is InChI=1S/C17H14FN5O/c18-13-1-3-14(4-2-13)23-17(24)15-10-22-16(11-20-15)21-9-12-5-7-19-8-6-12/h1-8,10-11H,9H2,(H,21,22)(H,23,24). The van der Waals surface area contributed by atoms with E-state index in [2.05, 4.69) is 25.6 Å². The number of aromatic nitrogens is 3. The fourth-order valence-electron chi connectivity index (χ4n) is 1.96. The molecule has 0 aliphatic carbocycles. The van der Waals surface area contributed by atoms with Crippen LogP contribution in [0, 0.1) is 5.82 Å². The second-order valence-electron chi connectivity index (χ2n) is 4.96. The van der Waals surface area contributed by atoms with Crippen molar-refractivity contribution in [1.82, 2.24) is 15.0 Å². The van der Waals surface area contributed by atoms with E-state index in [1.54, 1.807) is 12.4 Å². The number of hydrogen-bond acceptors (Lipinski definition) is 5. The summed E-state index contributed by atoms with van der Waals surface area (Å²) < 4.78 is 12.8. The first kappa shape index (κ1) is 15.5. The van der Waals surface area contributed by atoms with Gasteiger partial charge in [-0.15, -0.1) is 0 Å². The summed E-state index contributed by atoms with van der Waals surface area (Å²) in [6, 6.07) is 9.29. The van der Waals surface area contributed by atoms with Gasteiger partial charge in [-0.25, -0.2) is 14.4 Å². The topological polar surface area (TPSA) is 79.8 Å². The van der Waals surface area contributed by atoms with E-state index in [0.717, 1.165) is 5.56 Å². The van der Waals surface area contributed by atoms with Crippen molar-refractivity contribution in [1.29, 1.82) is 0 Å². The zero-order chi connectivity index (χ0) is 16.8. The molecule has 0 spiro atoms. The number of hydrogen-bond donors (Lipinski definition) is 2. The number of pyridine rings is 1. The summed E-state index contributed by atoms with van der Waals surface area (Å²) in [5, 5.41) is 5.74. The molecule has 0 saturated carbocycles. The zero-order valence-electron chi connectivity index (χ0n) is 12.6. The van der Waals surface area contributed by atoms with E-state index < -0.39 is 5.91 Å². The van der Waals surface area contributed by atoms with Crippen LogP contribution >= 0.6 is 0 Å². The second-order valence-corrected chi connectivity index (χ2v) is 4.96. The average Bonchev–Trinajstić information content (AvgIpc) is 2.63. The fourth-order valence-corrected chi connectivity index (χ4v) is 1.96. The lowest BCUT2D eigenvalue weighted by Crippen LogP contribution is -2.14. The highest BCUT2D eigenvalue weighted by Gasteiger charge is 2.08. The number of amides is 1. The van der Waals surface area contributed by atoms with Crippen molar-refractivity contribution in [3.05, 3.63) is 78.3 Å². The van der Waals surface area contributed by atoms with Crippen LogP contribution in [0.2, 0.25) is 0 Å². The largest absolute Gasteiger partial charge is 0.365 e. The first-order valence-electron chi connectivity index (χ1n) is 7.22. The van der Waals surface area contributed by atoms with Gasteiger partial charge in [-0.1, -0.05) is 0 Å². The monoisotopic (exact) mass is 323 g/mol. The highest BCUT2D eigenvalue weighted by Crippen LogP contribution is 2.10.